The molecule has 1 saturated heterocycles. The maximum Gasteiger partial charge on any atom is 0.416 e. The average Bonchev–Trinajstić information content (AvgIpc) is 2.88. The van der Waals surface area contributed by atoms with E-state index < -0.39 is 27.8 Å². The summed E-state index contributed by atoms with van der Waals surface area (Å²) in [5.41, 5.74) is 0.495. The zero-order valence-electron chi connectivity index (χ0n) is 19.7. The standard InChI is InChI=1S/C26H25BrF3N3O3S/c27-21-9-11-23(12-10-21)37(35,36)31-24(17-19-5-2-1-3-6-19)25(34)33-15-13-32(14-16-33)22-8-4-7-20(18-22)26(28,29)30/h1-12,18,24,31H,13-17H2/t24-/m1/s1. The van der Waals surface area contributed by atoms with E-state index in [1.807, 2.05) is 30.3 Å². The number of nitrogens with zero attached hydrogens (tertiary/aromatic N) is 2. The van der Waals surface area contributed by atoms with Crippen molar-refractivity contribution in [2.75, 3.05) is 31.1 Å². The summed E-state index contributed by atoms with van der Waals surface area (Å²) in [6.07, 6.45) is -4.28. The zero-order chi connectivity index (χ0) is 26.6. The van der Waals surface area contributed by atoms with Gasteiger partial charge in [-0.2, -0.15) is 17.9 Å². The van der Waals surface area contributed by atoms with Crippen LogP contribution in [0.5, 0.6) is 0 Å². The van der Waals surface area contributed by atoms with Gasteiger partial charge < -0.3 is 9.80 Å². The number of amides is 1. The number of rotatable bonds is 7. The second-order valence-electron chi connectivity index (χ2n) is 8.68. The van der Waals surface area contributed by atoms with Crippen molar-refractivity contribution in [3.8, 4) is 0 Å². The summed E-state index contributed by atoms with van der Waals surface area (Å²) < 4.78 is 68.8. The monoisotopic (exact) mass is 595 g/mol. The fourth-order valence-electron chi connectivity index (χ4n) is 4.18. The van der Waals surface area contributed by atoms with Gasteiger partial charge in [-0.15, -0.1) is 0 Å². The van der Waals surface area contributed by atoms with Crippen molar-refractivity contribution in [3.63, 3.8) is 0 Å². The summed E-state index contributed by atoms with van der Waals surface area (Å²) in [4.78, 5) is 16.9. The predicted octanol–water partition coefficient (Wildman–Crippen LogP) is 4.71. The van der Waals surface area contributed by atoms with E-state index in [0.29, 0.717) is 18.8 Å². The number of halogens is 4. The van der Waals surface area contributed by atoms with Crippen molar-refractivity contribution in [2.45, 2.75) is 23.5 Å². The molecule has 1 amide bonds. The van der Waals surface area contributed by atoms with Gasteiger partial charge in [-0.05, 0) is 54.4 Å². The molecule has 0 aromatic heterocycles. The number of piperazine rings is 1. The summed E-state index contributed by atoms with van der Waals surface area (Å²) in [7, 11) is -3.99. The second kappa shape index (κ2) is 11.2. The fourth-order valence-corrected chi connectivity index (χ4v) is 5.64. The molecule has 4 rings (SSSR count). The lowest BCUT2D eigenvalue weighted by molar-refractivity contribution is -0.137. The number of carbonyl (C=O) groups excluding carboxylic acids is 1. The number of benzene rings is 3. The van der Waals surface area contributed by atoms with Crippen LogP contribution >= 0.6 is 15.9 Å². The van der Waals surface area contributed by atoms with Crippen LogP contribution in [0, 0.1) is 0 Å². The Morgan fingerprint density at radius 2 is 1.57 bits per heavy atom. The normalized spacial score (nSPS) is 15.5. The molecule has 37 heavy (non-hydrogen) atoms. The molecule has 1 N–H and O–H groups in total. The van der Waals surface area contributed by atoms with E-state index in [2.05, 4.69) is 20.7 Å². The lowest BCUT2D eigenvalue weighted by Gasteiger charge is -2.38. The van der Waals surface area contributed by atoms with E-state index in [1.54, 1.807) is 28.0 Å². The van der Waals surface area contributed by atoms with E-state index in [1.165, 1.54) is 18.2 Å². The van der Waals surface area contributed by atoms with Gasteiger partial charge in [0, 0.05) is 36.3 Å². The molecule has 3 aromatic rings. The van der Waals surface area contributed by atoms with Crippen LogP contribution in [0.25, 0.3) is 0 Å². The predicted molar refractivity (Wildman–Crippen MR) is 139 cm³/mol. The topological polar surface area (TPSA) is 69.7 Å². The first-order chi connectivity index (χ1) is 17.5. The first-order valence-electron chi connectivity index (χ1n) is 11.6. The Kier molecular flexibility index (Phi) is 8.25. The second-order valence-corrected chi connectivity index (χ2v) is 11.3. The fraction of sp³-hybridized carbons (Fsp3) is 0.269. The lowest BCUT2D eigenvalue weighted by Crippen LogP contribution is -2.55. The molecule has 6 nitrogen and oxygen atoms in total. The number of carbonyl (C=O) groups is 1. The number of hydrogen-bond acceptors (Lipinski definition) is 4. The van der Waals surface area contributed by atoms with Crippen LogP contribution < -0.4 is 9.62 Å². The summed E-state index contributed by atoms with van der Waals surface area (Å²) in [6.45, 7) is 1.15. The Labute approximate surface area is 222 Å². The largest absolute Gasteiger partial charge is 0.416 e. The molecule has 3 aromatic carbocycles. The van der Waals surface area contributed by atoms with Crippen molar-refractivity contribution >= 4 is 37.5 Å². The molecule has 0 spiro atoms. The zero-order valence-corrected chi connectivity index (χ0v) is 22.1. The van der Waals surface area contributed by atoms with Gasteiger partial charge in [0.2, 0.25) is 15.9 Å². The van der Waals surface area contributed by atoms with Crippen molar-refractivity contribution in [1.82, 2.24) is 9.62 Å². The molecule has 1 atom stereocenters. The third kappa shape index (κ3) is 6.91. The van der Waals surface area contributed by atoms with Crippen LogP contribution in [0.4, 0.5) is 18.9 Å². The van der Waals surface area contributed by atoms with E-state index >= 15 is 0 Å². The first kappa shape index (κ1) is 27.2. The van der Waals surface area contributed by atoms with Crippen molar-refractivity contribution in [2.24, 2.45) is 0 Å². The van der Waals surface area contributed by atoms with Crippen LogP contribution in [-0.4, -0.2) is 51.4 Å². The summed E-state index contributed by atoms with van der Waals surface area (Å²) in [6, 6.07) is 19.3. The van der Waals surface area contributed by atoms with E-state index in [-0.39, 0.29) is 30.3 Å². The van der Waals surface area contributed by atoms with Crippen LogP contribution in [0.1, 0.15) is 11.1 Å². The summed E-state index contributed by atoms with van der Waals surface area (Å²) in [5.74, 6) is -0.381. The molecule has 0 unspecified atom stereocenters. The quantitative estimate of drug-likeness (QED) is 0.430. The van der Waals surface area contributed by atoms with Gasteiger partial charge in [0.25, 0.3) is 0 Å². The number of anilines is 1. The van der Waals surface area contributed by atoms with Gasteiger partial charge in [-0.25, -0.2) is 8.42 Å². The number of sulfonamides is 1. The van der Waals surface area contributed by atoms with Crippen LogP contribution in [0.15, 0.2) is 88.2 Å². The maximum atomic E-state index is 13.5. The van der Waals surface area contributed by atoms with Crippen LogP contribution in [0.3, 0.4) is 0 Å². The lowest BCUT2D eigenvalue weighted by atomic mass is 10.1. The SMILES string of the molecule is O=C([C@@H](Cc1ccccc1)NS(=O)(=O)c1ccc(Br)cc1)N1CCN(c2cccc(C(F)(F)F)c2)CC1. The molecular weight excluding hydrogens is 571 g/mol. The minimum absolute atomic E-state index is 0.0379. The van der Waals surface area contributed by atoms with Gasteiger partial charge in [-0.1, -0.05) is 52.3 Å². The Morgan fingerprint density at radius 3 is 2.19 bits per heavy atom. The highest BCUT2D eigenvalue weighted by molar-refractivity contribution is 9.10. The average molecular weight is 596 g/mol. The van der Waals surface area contributed by atoms with Gasteiger partial charge >= 0.3 is 6.18 Å². The minimum Gasteiger partial charge on any atom is -0.368 e. The van der Waals surface area contributed by atoms with Crippen LogP contribution in [-0.2, 0) is 27.4 Å². The number of nitrogens with one attached hydrogen (secondary N) is 1. The van der Waals surface area contributed by atoms with Crippen molar-refractivity contribution in [3.05, 3.63) is 94.5 Å². The smallest absolute Gasteiger partial charge is 0.368 e. The molecular formula is C26H25BrF3N3O3S. The molecule has 196 valence electrons. The Balaban J connectivity index is 1.49. The number of hydrogen-bond donors (Lipinski definition) is 1. The number of alkyl halides is 3. The molecule has 11 heteroatoms. The molecule has 1 heterocycles. The molecule has 0 radical (unpaired) electrons. The van der Waals surface area contributed by atoms with Gasteiger partial charge in [-0.3, -0.25) is 4.79 Å². The Bertz CT molecular complexity index is 1330. The van der Waals surface area contributed by atoms with Crippen molar-refractivity contribution in [1.29, 1.82) is 0 Å². The van der Waals surface area contributed by atoms with E-state index in [9.17, 15) is 26.4 Å². The molecule has 1 aliphatic rings. The van der Waals surface area contributed by atoms with Gasteiger partial charge in [0.15, 0.2) is 0 Å². The molecule has 0 bridgehead atoms. The molecule has 1 fully saturated rings. The Morgan fingerprint density at radius 1 is 0.919 bits per heavy atom. The maximum absolute atomic E-state index is 13.5. The minimum atomic E-state index is -4.44. The highest BCUT2D eigenvalue weighted by atomic mass is 79.9. The summed E-state index contributed by atoms with van der Waals surface area (Å²) >= 11 is 3.28. The summed E-state index contributed by atoms with van der Waals surface area (Å²) in [5, 5.41) is 0. The third-order valence-electron chi connectivity index (χ3n) is 6.13. The highest BCUT2D eigenvalue weighted by Crippen LogP contribution is 2.32. The molecule has 0 aliphatic carbocycles. The molecule has 0 saturated carbocycles. The molecule has 1 aliphatic heterocycles. The van der Waals surface area contributed by atoms with Crippen LogP contribution in [0.2, 0.25) is 0 Å². The van der Waals surface area contributed by atoms with Crippen molar-refractivity contribution < 1.29 is 26.4 Å². The van der Waals surface area contributed by atoms with Gasteiger partial charge in [0.1, 0.15) is 6.04 Å². The Hall–Kier alpha value is -2.89. The highest BCUT2D eigenvalue weighted by Gasteiger charge is 2.33. The van der Waals surface area contributed by atoms with E-state index in [0.717, 1.165) is 22.2 Å². The third-order valence-corrected chi connectivity index (χ3v) is 8.15. The first-order valence-corrected chi connectivity index (χ1v) is 13.8. The van der Waals surface area contributed by atoms with E-state index in [4.69, 9.17) is 0 Å². The van der Waals surface area contributed by atoms with Gasteiger partial charge in [0.05, 0.1) is 10.5 Å².